The Morgan fingerprint density at radius 1 is 1.28 bits per heavy atom. The third-order valence-electron chi connectivity index (χ3n) is 6.55. The number of benzene rings is 1. The van der Waals surface area contributed by atoms with E-state index in [1.165, 1.54) is 5.57 Å². The molecule has 0 saturated heterocycles. The van der Waals surface area contributed by atoms with Gasteiger partial charge in [0.15, 0.2) is 5.78 Å². The second-order valence-corrected chi connectivity index (χ2v) is 9.64. The number of carbonyl (C=O) groups excluding carboxylic acids is 1. The lowest BCUT2D eigenvalue weighted by molar-refractivity contribution is -0.128. The van der Waals surface area contributed by atoms with Crippen molar-refractivity contribution in [1.29, 1.82) is 0 Å². The van der Waals surface area contributed by atoms with Gasteiger partial charge in [-0.2, -0.15) is 0 Å². The lowest BCUT2D eigenvalue weighted by Gasteiger charge is -2.35. The van der Waals surface area contributed by atoms with E-state index in [-0.39, 0.29) is 11.6 Å². The minimum absolute atomic E-state index is 0.0217. The fourth-order valence-electron chi connectivity index (χ4n) is 4.20. The molecule has 0 aliphatic heterocycles. The normalized spacial score (nSPS) is 17.1. The number of ketones is 1. The van der Waals surface area contributed by atoms with Crippen LogP contribution in [0.1, 0.15) is 63.8 Å². The molecule has 1 aliphatic carbocycles. The van der Waals surface area contributed by atoms with E-state index in [0.717, 1.165) is 47.3 Å². The molecule has 0 spiro atoms. The molecule has 3 rings (SSSR count). The van der Waals surface area contributed by atoms with Crippen molar-refractivity contribution in [3.8, 4) is 11.1 Å². The molecule has 2 unspecified atom stereocenters. The predicted molar refractivity (Wildman–Crippen MR) is 134 cm³/mol. The van der Waals surface area contributed by atoms with Crippen molar-refractivity contribution < 1.29 is 13.9 Å². The van der Waals surface area contributed by atoms with Crippen LogP contribution in [-0.2, 0) is 14.9 Å². The van der Waals surface area contributed by atoms with E-state index in [0.29, 0.717) is 5.56 Å². The van der Waals surface area contributed by atoms with Crippen LogP contribution in [0.5, 0.6) is 0 Å². The highest BCUT2D eigenvalue weighted by Crippen LogP contribution is 2.42. The lowest BCUT2D eigenvalue weighted by Crippen LogP contribution is -2.42. The summed E-state index contributed by atoms with van der Waals surface area (Å²) >= 11 is 1.64. The molecule has 170 valence electrons. The summed E-state index contributed by atoms with van der Waals surface area (Å²) in [7, 11) is 1.61. The molecular weight excluding hydrogens is 419 g/mol. The summed E-state index contributed by atoms with van der Waals surface area (Å²) in [6.45, 7) is 8.12. The minimum atomic E-state index is -0.571. The first-order chi connectivity index (χ1) is 15.3. The van der Waals surface area contributed by atoms with Gasteiger partial charge in [-0.25, -0.2) is 4.39 Å². The second kappa shape index (κ2) is 10.5. The second-order valence-electron chi connectivity index (χ2n) is 8.73. The van der Waals surface area contributed by atoms with Gasteiger partial charge < -0.3 is 4.74 Å². The summed E-state index contributed by atoms with van der Waals surface area (Å²) in [5.74, 6) is -0.190. The van der Waals surface area contributed by atoms with Gasteiger partial charge in [-0.3, -0.25) is 4.79 Å². The lowest BCUT2D eigenvalue weighted by atomic mass is 9.75. The Morgan fingerprint density at radius 3 is 2.62 bits per heavy atom. The summed E-state index contributed by atoms with van der Waals surface area (Å²) in [4.78, 5) is 14.0. The number of halogens is 1. The highest BCUT2D eigenvalue weighted by Gasteiger charge is 2.40. The Hall–Kier alpha value is -2.30. The summed E-state index contributed by atoms with van der Waals surface area (Å²) in [5.41, 5.74) is 4.65. The van der Waals surface area contributed by atoms with Crippen LogP contribution in [0.4, 0.5) is 4.39 Å². The molecule has 1 aliphatic rings. The monoisotopic (exact) mass is 452 g/mol. The van der Waals surface area contributed by atoms with Crippen LogP contribution in [0.2, 0.25) is 0 Å². The van der Waals surface area contributed by atoms with E-state index in [1.807, 2.05) is 26.0 Å². The highest BCUT2D eigenvalue weighted by molar-refractivity contribution is 7.10. The third kappa shape index (κ3) is 5.02. The van der Waals surface area contributed by atoms with E-state index in [4.69, 9.17) is 4.74 Å². The van der Waals surface area contributed by atoms with E-state index in [1.54, 1.807) is 36.7 Å². The van der Waals surface area contributed by atoms with Crippen molar-refractivity contribution in [2.24, 2.45) is 0 Å². The maximum absolute atomic E-state index is 14.4. The molecule has 1 aromatic carbocycles. The SMILES string of the molecule is C/C=C\C(=O)C(OC)C(C)(CC/C(C)=C/C)c1cc(-c2ccc(F)c(C3=CCC3)c2)cs1. The molecule has 0 saturated carbocycles. The van der Waals surface area contributed by atoms with E-state index >= 15 is 0 Å². The molecule has 1 heterocycles. The Balaban J connectivity index is 2.00. The molecule has 4 heteroatoms. The van der Waals surface area contributed by atoms with Crippen LogP contribution >= 0.6 is 11.3 Å². The van der Waals surface area contributed by atoms with Crippen molar-refractivity contribution >= 4 is 22.7 Å². The summed E-state index contributed by atoms with van der Waals surface area (Å²) in [5, 5.41) is 2.11. The van der Waals surface area contributed by atoms with Crippen molar-refractivity contribution in [1.82, 2.24) is 0 Å². The minimum Gasteiger partial charge on any atom is -0.372 e. The zero-order chi connectivity index (χ0) is 23.3. The van der Waals surface area contributed by atoms with Gasteiger partial charge in [-0.1, -0.05) is 36.8 Å². The number of ether oxygens (including phenoxy) is 1. The number of hydrogen-bond acceptors (Lipinski definition) is 3. The van der Waals surface area contributed by atoms with Crippen LogP contribution in [-0.4, -0.2) is 19.0 Å². The van der Waals surface area contributed by atoms with Crippen molar-refractivity contribution in [2.75, 3.05) is 7.11 Å². The molecule has 0 amide bonds. The van der Waals surface area contributed by atoms with Crippen molar-refractivity contribution in [3.63, 3.8) is 0 Å². The smallest absolute Gasteiger partial charge is 0.184 e. The molecule has 0 fully saturated rings. The van der Waals surface area contributed by atoms with Crippen molar-refractivity contribution in [3.05, 3.63) is 75.8 Å². The van der Waals surface area contributed by atoms with Gasteiger partial charge in [0.25, 0.3) is 0 Å². The first-order valence-electron chi connectivity index (χ1n) is 11.2. The summed E-state index contributed by atoms with van der Waals surface area (Å²) in [6.07, 6.45) is 10.6. The Labute approximate surface area is 195 Å². The van der Waals surface area contributed by atoms with Gasteiger partial charge >= 0.3 is 0 Å². The van der Waals surface area contributed by atoms with Crippen LogP contribution in [0.15, 0.2) is 59.5 Å². The molecule has 0 N–H and O–H groups in total. The maximum Gasteiger partial charge on any atom is 0.184 e. The quantitative estimate of drug-likeness (QED) is 0.270. The van der Waals surface area contributed by atoms with E-state index in [9.17, 15) is 9.18 Å². The predicted octanol–water partition coefficient (Wildman–Crippen LogP) is 7.90. The molecule has 2 nitrogen and oxygen atoms in total. The van der Waals surface area contributed by atoms with E-state index in [2.05, 4.69) is 37.4 Å². The first-order valence-corrected chi connectivity index (χ1v) is 12.1. The van der Waals surface area contributed by atoms with Crippen LogP contribution < -0.4 is 0 Å². The Morgan fingerprint density at radius 2 is 2.03 bits per heavy atom. The molecule has 32 heavy (non-hydrogen) atoms. The van der Waals surface area contributed by atoms with Gasteiger partial charge in [0.1, 0.15) is 11.9 Å². The fraction of sp³-hybridized carbons (Fsp3) is 0.393. The van der Waals surface area contributed by atoms with E-state index < -0.39 is 11.5 Å². The zero-order valence-corrected chi connectivity index (χ0v) is 20.5. The summed E-state index contributed by atoms with van der Waals surface area (Å²) in [6, 6.07) is 7.50. The summed E-state index contributed by atoms with van der Waals surface area (Å²) < 4.78 is 20.2. The van der Waals surface area contributed by atoms with Crippen LogP contribution in [0, 0.1) is 5.82 Å². The fourth-order valence-corrected chi connectivity index (χ4v) is 5.33. The standard InChI is InChI=1S/C28H33FO2S/c1-6-9-25(30)27(31-5)28(4,15-14-19(3)7-2)26-17-22(18-32-26)21-12-13-24(29)23(16-21)20-10-8-11-20/h6-7,9-10,12-13,16-18,27H,8,11,14-15H2,1-5H3/b9-6-,19-7+. The number of thiophene rings is 1. The molecule has 2 atom stereocenters. The van der Waals surface area contributed by atoms with Crippen LogP contribution in [0.3, 0.4) is 0 Å². The molecule has 0 radical (unpaired) electrons. The average Bonchev–Trinajstić information content (AvgIpc) is 3.24. The van der Waals surface area contributed by atoms with Gasteiger partial charge in [0.2, 0.25) is 0 Å². The molecule has 0 bridgehead atoms. The topological polar surface area (TPSA) is 26.3 Å². The number of carbonyl (C=O) groups is 1. The third-order valence-corrected chi connectivity index (χ3v) is 7.76. The van der Waals surface area contributed by atoms with Gasteiger partial charge in [0, 0.05) is 23.0 Å². The molecular formula is C28H33FO2S. The van der Waals surface area contributed by atoms with Gasteiger partial charge in [-0.15, -0.1) is 11.3 Å². The zero-order valence-electron chi connectivity index (χ0n) is 19.7. The number of hydrogen-bond donors (Lipinski definition) is 0. The van der Waals surface area contributed by atoms with Gasteiger partial charge in [-0.05, 0) is 92.8 Å². The average molecular weight is 453 g/mol. The first kappa shape index (κ1) is 24.3. The number of rotatable bonds is 10. The molecule has 2 aromatic rings. The van der Waals surface area contributed by atoms with Crippen molar-refractivity contribution in [2.45, 2.75) is 64.9 Å². The number of methoxy groups -OCH3 is 1. The molecule has 1 aromatic heterocycles. The van der Waals surface area contributed by atoms with Gasteiger partial charge in [0.05, 0.1) is 0 Å². The largest absolute Gasteiger partial charge is 0.372 e. The Bertz CT molecular complexity index is 1060. The highest BCUT2D eigenvalue weighted by atomic mass is 32.1. The Kier molecular flexibility index (Phi) is 8.02. The number of allylic oxidation sites excluding steroid dienone is 5. The van der Waals surface area contributed by atoms with Crippen LogP contribution in [0.25, 0.3) is 16.7 Å². The maximum atomic E-state index is 14.4.